The van der Waals surface area contributed by atoms with E-state index in [1.807, 2.05) is 29.6 Å². The summed E-state index contributed by atoms with van der Waals surface area (Å²) in [7, 11) is 6.24. The molecular formula is C23H23NO6S. The predicted molar refractivity (Wildman–Crippen MR) is 119 cm³/mol. The lowest BCUT2D eigenvalue weighted by Crippen LogP contribution is -2.01. The third-order valence-electron chi connectivity index (χ3n) is 4.39. The summed E-state index contributed by atoms with van der Waals surface area (Å²) in [6.07, 6.45) is 2.93. The van der Waals surface area contributed by atoms with Crippen LogP contribution in [0.4, 0.5) is 0 Å². The first kappa shape index (κ1) is 22.2. The van der Waals surface area contributed by atoms with Crippen LogP contribution in [0.5, 0.6) is 23.0 Å². The number of hydrogen-bond acceptors (Lipinski definition) is 8. The Hall–Kier alpha value is -3.52. The molecule has 0 aliphatic rings. The molecule has 3 rings (SSSR count). The minimum absolute atomic E-state index is 0.0674. The van der Waals surface area contributed by atoms with Crippen LogP contribution < -0.4 is 18.9 Å². The largest absolute Gasteiger partial charge is 0.496 e. The van der Waals surface area contributed by atoms with Crippen LogP contribution >= 0.6 is 11.3 Å². The summed E-state index contributed by atoms with van der Waals surface area (Å²) in [5.41, 5.74) is 2.22. The molecule has 0 atom stereocenters. The summed E-state index contributed by atoms with van der Waals surface area (Å²) < 4.78 is 26.6. The lowest BCUT2D eigenvalue weighted by molar-refractivity contribution is -0.139. The second kappa shape index (κ2) is 10.5. The smallest absolute Gasteiger partial charge is 0.331 e. The van der Waals surface area contributed by atoms with Gasteiger partial charge in [-0.05, 0) is 24.3 Å². The van der Waals surface area contributed by atoms with E-state index in [1.54, 1.807) is 46.6 Å². The van der Waals surface area contributed by atoms with Crippen LogP contribution in [0, 0.1) is 0 Å². The molecule has 1 heterocycles. The molecule has 0 unspecified atom stereocenters. The maximum absolute atomic E-state index is 12.2. The lowest BCUT2D eigenvalue weighted by atomic mass is 10.1. The quantitative estimate of drug-likeness (QED) is 0.355. The molecular weight excluding hydrogens is 418 g/mol. The van der Waals surface area contributed by atoms with E-state index in [1.165, 1.54) is 17.4 Å². The third-order valence-corrected chi connectivity index (χ3v) is 5.31. The second-order valence-corrected chi connectivity index (χ2v) is 7.09. The molecule has 8 heteroatoms. The van der Waals surface area contributed by atoms with E-state index < -0.39 is 5.97 Å². The average Bonchev–Trinajstić information content (AvgIpc) is 3.29. The molecule has 0 radical (unpaired) electrons. The van der Waals surface area contributed by atoms with Crippen molar-refractivity contribution in [3.8, 4) is 33.6 Å². The summed E-state index contributed by atoms with van der Waals surface area (Å²) in [6, 6.07) is 11.1. The predicted octanol–water partition coefficient (Wildman–Crippen LogP) is 4.60. The van der Waals surface area contributed by atoms with Crippen LogP contribution in [0.2, 0.25) is 0 Å². The standard InChI is InChI=1S/C23H23NO6S/c1-26-18-8-6-5-7-17(18)23-24-16(14-31-23)13-30-22(25)10-9-15-11-20(28-3)21(29-4)12-19(15)27-2/h5-12,14H,13H2,1-4H3/b10-9+. The highest BCUT2D eigenvalue weighted by Gasteiger charge is 2.12. The molecule has 0 saturated carbocycles. The summed E-state index contributed by atoms with van der Waals surface area (Å²) >= 11 is 1.46. The highest BCUT2D eigenvalue weighted by molar-refractivity contribution is 7.13. The van der Waals surface area contributed by atoms with Gasteiger partial charge in [0.2, 0.25) is 0 Å². The fourth-order valence-corrected chi connectivity index (χ4v) is 3.69. The van der Waals surface area contributed by atoms with E-state index in [2.05, 4.69) is 4.98 Å². The number of nitrogens with zero attached hydrogens (tertiary/aromatic N) is 1. The maximum atomic E-state index is 12.2. The first-order valence-corrected chi connectivity index (χ1v) is 10.2. The molecule has 0 fully saturated rings. The van der Waals surface area contributed by atoms with E-state index in [0.717, 1.165) is 16.3 Å². The van der Waals surface area contributed by atoms with E-state index in [0.29, 0.717) is 28.5 Å². The first-order valence-electron chi connectivity index (χ1n) is 9.32. The zero-order valence-corrected chi connectivity index (χ0v) is 18.5. The van der Waals surface area contributed by atoms with Crippen LogP contribution in [0.15, 0.2) is 47.9 Å². The van der Waals surface area contributed by atoms with Crippen molar-refractivity contribution in [2.75, 3.05) is 28.4 Å². The van der Waals surface area contributed by atoms with Crippen molar-refractivity contribution in [2.45, 2.75) is 6.61 Å². The zero-order chi connectivity index (χ0) is 22.2. The lowest BCUT2D eigenvalue weighted by Gasteiger charge is -2.12. The van der Waals surface area contributed by atoms with Gasteiger partial charge in [-0.2, -0.15) is 0 Å². The van der Waals surface area contributed by atoms with Crippen LogP contribution in [0.3, 0.4) is 0 Å². The van der Waals surface area contributed by atoms with Crippen molar-refractivity contribution in [3.05, 3.63) is 59.1 Å². The van der Waals surface area contributed by atoms with Gasteiger partial charge in [-0.15, -0.1) is 11.3 Å². The first-order chi connectivity index (χ1) is 15.1. The normalized spacial score (nSPS) is 10.7. The summed E-state index contributed by atoms with van der Waals surface area (Å²) in [4.78, 5) is 16.7. The summed E-state index contributed by atoms with van der Waals surface area (Å²) in [6.45, 7) is 0.0674. The van der Waals surface area contributed by atoms with E-state index in [4.69, 9.17) is 23.7 Å². The Kier molecular flexibility index (Phi) is 7.50. The molecule has 1 aromatic heterocycles. The van der Waals surface area contributed by atoms with Crippen molar-refractivity contribution in [1.82, 2.24) is 4.98 Å². The Bertz CT molecular complexity index is 1080. The van der Waals surface area contributed by atoms with Gasteiger partial charge in [0.25, 0.3) is 0 Å². The molecule has 0 aliphatic carbocycles. The number of carbonyl (C=O) groups excluding carboxylic acids is 1. The SMILES string of the molecule is COc1cc(OC)c(OC)cc1/C=C/C(=O)OCc1csc(-c2ccccc2OC)n1. The number of methoxy groups -OCH3 is 4. The van der Waals surface area contributed by atoms with Crippen LogP contribution in [0.1, 0.15) is 11.3 Å². The molecule has 0 N–H and O–H groups in total. The number of rotatable bonds is 9. The molecule has 0 aliphatic heterocycles. The summed E-state index contributed by atoms with van der Waals surface area (Å²) in [5.74, 6) is 1.86. The average molecular weight is 442 g/mol. The minimum Gasteiger partial charge on any atom is -0.496 e. The number of aromatic nitrogens is 1. The van der Waals surface area contributed by atoms with Gasteiger partial charge in [-0.3, -0.25) is 0 Å². The minimum atomic E-state index is -0.497. The number of carbonyl (C=O) groups is 1. The number of hydrogen-bond donors (Lipinski definition) is 0. The highest BCUT2D eigenvalue weighted by atomic mass is 32.1. The number of esters is 1. The van der Waals surface area contributed by atoms with Crippen LogP contribution in [0.25, 0.3) is 16.6 Å². The monoisotopic (exact) mass is 441 g/mol. The van der Waals surface area contributed by atoms with Gasteiger partial charge in [0.05, 0.1) is 39.7 Å². The van der Waals surface area contributed by atoms with Gasteiger partial charge >= 0.3 is 5.97 Å². The Morgan fingerprint density at radius 1 is 0.935 bits per heavy atom. The van der Waals surface area contributed by atoms with Gasteiger partial charge < -0.3 is 23.7 Å². The fraction of sp³-hybridized carbons (Fsp3) is 0.217. The molecule has 2 aromatic carbocycles. The van der Waals surface area contributed by atoms with Gasteiger partial charge in [0.15, 0.2) is 11.5 Å². The molecule has 162 valence electrons. The van der Waals surface area contributed by atoms with Crippen molar-refractivity contribution in [2.24, 2.45) is 0 Å². The zero-order valence-electron chi connectivity index (χ0n) is 17.7. The second-order valence-electron chi connectivity index (χ2n) is 6.23. The van der Waals surface area contributed by atoms with Crippen molar-refractivity contribution >= 4 is 23.4 Å². The van der Waals surface area contributed by atoms with Gasteiger partial charge in [0, 0.05) is 23.1 Å². The van der Waals surface area contributed by atoms with E-state index in [-0.39, 0.29) is 6.61 Å². The molecule has 0 amide bonds. The number of para-hydroxylation sites is 1. The van der Waals surface area contributed by atoms with Crippen LogP contribution in [-0.2, 0) is 16.1 Å². The highest BCUT2D eigenvalue weighted by Crippen LogP contribution is 2.35. The number of thiazole rings is 1. The Morgan fingerprint density at radius 2 is 1.61 bits per heavy atom. The maximum Gasteiger partial charge on any atom is 0.331 e. The number of benzene rings is 2. The van der Waals surface area contributed by atoms with E-state index >= 15 is 0 Å². The topological polar surface area (TPSA) is 76.1 Å². The molecule has 7 nitrogen and oxygen atoms in total. The number of ether oxygens (including phenoxy) is 5. The Balaban J connectivity index is 1.66. The molecule has 0 bridgehead atoms. The third kappa shape index (κ3) is 5.35. The molecule has 3 aromatic rings. The van der Waals surface area contributed by atoms with Gasteiger partial charge in [0.1, 0.15) is 23.1 Å². The molecule has 31 heavy (non-hydrogen) atoms. The van der Waals surface area contributed by atoms with Crippen molar-refractivity contribution < 1.29 is 28.5 Å². The van der Waals surface area contributed by atoms with Crippen molar-refractivity contribution in [1.29, 1.82) is 0 Å². The Morgan fingerprint density at radius 3 is 2.32 bits per heavy atom. The Labute approximate surface area is 184 Å². The molecule has 0 spiro atoms. The summed E-state index contributed by atoms with van der Waals surface area (Å²) in [5, 5.41) is 2.66. The van der Waals surface area contributed by atoms with Gasteiger partial charge in [-0.25, -0.2) is 9.78 Å². The van der Waals surface area contributed by atoms with Gasteiger partial charge in [-0.1, -0.05) is 12.1 Å². The van der Waals surface area contributed by atoms with E-state index in [9.17, 15) is 4.79 Å². The fourth-order valence-electron chi connectivity index (χ4n) is 2.85. The van der Waals surface area contributed by atoms with Crippen molar-refractivity contribution in [3.63, 3.8) is 0 Å². The van der Waals surface area contributed by atoms with Crippen LogP contribution in [-0.4, -0.2) is 39.4 Å². The molecule has 0 saturated heterocycles.